The fraction of sp³-hybridized carbons (Fsp3) is 0.600. The van der Waals surface area contributed by atoms with Crippen LogP contribution in [-0.4, -0.2) is 57.5 Å². The van der Waals surface area contributed by atoms with E-state index in [1.165, 1.54) is 17.8 Å². The van der Waals surface area contributed by atoms with E-state index in [0.717, 1.165) is 56.0 Å². The number of ether oxygens (including phenoxy) is 1. The summed E-state index contributed by atoms with van der Waals surface area (Å²) in [7, 11) is 2.35. The lowest BCUT2D eigenvalue weighted by Crippen LogP contribution is -2.54. The van der Waals surface area contributed by atoms with Gasteiger partial charge in [-0.2, -0.15) is 0 Å². The maximum Gasteiger partial charge on any atom is 0.102 e. The Kier molecular flexibility index (Phi) is 3.37. The van der Waals surface area contributed by atoms with Gasteiger partial charge in [-0.05, 0) is 24.1 Å². The van der Waals surface area contributed by atoms with Gasteiger partial charge in [0, 0.05) is 17.9 Å². The molecule has 0 saturated carbocycles. The number of benzene rings is 1. The van der Waals surface area contributed by atoms with Gasteiger partial charge >= 0.3 is 0 Å². The Morgan fingerprint density at radius 2 is 2.11 bits per heavy atom. The van der Waals surface area contributed by atoms with Crippen LogP contribution in [0, 0.1) is 0 Å². The number of morpholine rings is 1. The second kappa shape index (κ2) is 5.02. The number of fused-ring (bicyclic) bond motifs is 1. The third-order valence-electron chi connectivity index (χ3n) is 4.56. The quantitative estimate of drug-likeness (QED) is 0.655. The first-order valence-electron chi connectivity index (χ1n) is 7.21. The molecule has 0 radical (unpaired) electrons. The normalized spacial score (nSPS) is 21.4. The lowest BCUT2D eigenvalue weighted by molar-refractivity contribution is -0.915. The van der Waals surface area contributed by atoms with Crippen LogP contribution < -0.4 is 10.6 Å². The molecular formula is C15H24N3O+. The Morgan fingerprint density at radius 3 is 2.89 bits per heavy atom. The van der Waals surface area contributed by atoms with Crippen LogP contribution >= 0.6 is 0 Å². The van der Waals surface area contributed by atoms with Crippen molar-refractivity contribution in [3.63, 3.8) is 0 Å². The minimum atomic E-state index is 0.873. The van der Waals surface area contributed by atoms with Crippen molar-refractivity contribution in [1.82, 2.24) is 0 Å². The molecule has 0 aromatic heterocycles. The smallest absolute Gasteiger partial charge is 0.102 e. The van der Waals surface area contributed by atoms with Crippen molar-refractivity contribution in [3.8, 4) is 0 Å². The highest BCUT2D eigenvalue weighted by Crippen LogP contribution is 2.29. The Hall–Kier alpha value is -1.26. The number of likely N-dealkylation sites (N-methyl/N-ethyl adjacent to an activating group) is 1. The predicted octanol–water partition coefficient (Wildman–Crippen LogP) is 1.11. The topological polar surface area (TPSA) is 38.5 Å². The maximum absolute atomic E-state index is 5.91. The molecule has 0 amide bonds. The predicted molar refractivity (Wildman–Crippen MR) is 78.4 cm³/mol. The number of anilines is 2. The molecule has 104 valence electrons. The van der Waals surface area contributed by atoms with Gasteiger partial charge in [-0.15, -0.1) is 0 Å². The van der Waals surface area contributed by atoms with Crippen LogP contribution in [0.2, 0.25) is 0 Å². The third kappa shape index (κ3) is 2.69. The Balaban J connectivity index is 1.64. The summed E-state index contributed by atoms with van der Waals surface area (Å²) in [5.74, 6) is 0. The number of nitrogens with two attached hydrogens (primary N) is 1. The molecule has 1 aromatic rings. The van der Waals surface area contributed by atoms with E-state index in [2.05, 4.69) is 24.1 Å². The van der Waals surface area contributed by atoms with Crippen molar-refractivity contribution in [2.24, 2.45) is 0 Å². The van der Waals surface area contributed by atoms with Gasteiger partial charge in [-0.25, -0.2) is 0 Å². The molecule has 3 rings (SSSR count). The lowest BCUT2D eigenvalue weighted by atomic mass is 10.1. The first-order valence-corrected chi connectivity index (χ1v) is 7.21. The first kappa shape index (κ1) is 12.8. The van der Waals surface area contributed by atoms with Gasteiger partial charge in [0.25, 0.3) is 0 Å². The largest absolute Gasteiger partial charge is 0.399 e. The van der Waals surface area contributed by atoms with Crippen LogP contribution in [0.3, 0.4) is 0 Å². The van der Waals surface area contributed by atoms with Gasteiger partial charge in [0.05, 0.1) is 33.4 Å². The van der Waals surface area contributed by atoms with E-state index in [0.29, 0.717) is 0 Å². The van der Waals surface area contributed by atoms with E-state index in [1.807, 2.05) is 6.07 Å². The number of rotatable bonds is 3. The molecule has 0 bridgehead atoms. The minimum absolute atomic E-state index is 0.873. The second-order valence-electron chi connectivity index (χ2n) is 6.03. The Morgan fingerprint density at radius 1 is 1.32 bits per heavy atom. The molecule has 0 spiro atoms. The molecule has 1 saturated heterocycles. The van der Waals surface area contributed by atoms with E-state index >= 15 is 0 Å². The highest BCUT2D eigenvalue weighted by atomic mass is 16.5. The van der Waals surface area contributed by atoms with E-state index < -0.39 is 0 Å². The Labute approximate surface area is 115 Å². The van der Waals surface area contributed by atoms with Crippen molar-refractivity contribution in [1.29, 1.82) is 0 Å². The van der Waals surface area contributed by atoms with Crippen LogP contribution in [0.15, 0.2) is 18.2 Å². The summed E-state index contributed by atoms with van der Waals surface area (Å²) in [6.07, 6.45) is 1.16. The molecule has 19 heavy (non-hydrogen) atoms. The van der Waals surface area contributed by atoms with Gasteiger partial charge in [0.15, 0.2) is 0 Å². The van der Waals surface area contributed by atoms with E-state index in [-0.39, 0.29) is 0 Å². The number of hydrogen-bond donors (Lipinski definition) is 1. The average Bonchev–Trinajstić information content (AvgIpc) is 2.80. The van der Waals surface area contributed by atoms with Crippen molar-refractivity contribution in [3.05, 3.63) is 23.8 Å². The molecule has 2 aliphatic heterocycles. The molecular weight excluding hydrogens is 238 g/mol. The van der Waals surface area contributed by atoms with Crippen molar-refractivity contribution in [2.75, 3.05) is 63.6 Å². The highest BCUT2D eigenvalue weighted by Gasteiger charge is 2.27. The Bertz CT molecular complexity index is 455. The monoisotopic (exact) mass is 262 g/mol. The zero-order valence-corrected chi connectivity index (χ0v) is 11.8. The highest BCUT2D eigenvalue weighted by molar-refractivity contribution is 5.64. The van der Waals surface area contributed by atoms with Crippen LogP contribution in [-0.2, 0) is 11.2 Å². The van der Waals surface area contributed by atoms with E-state index in [1.54, 1.807) is 0 Å². The molecule has 2 heterocycles. The van der Waals surface area contributed by atoms with Gasteiger partial charge in [0.2, 0.25) is 0 Å². The number of nitrogens with zero attached hydrogens (tertiary/aromatic N) is 2. The molecule has 0 aliphatic carbocycles. The number of hydrogen-bond acceptors (Lipinski definition) is 3. The zero-order valence-electron chi connectivity index (χ0n) is 11.8. The molecule has 4 nitrogen and oxygen atoms in total. The maximum atomic E-state index is 5.91. The molecule has 2 N–H and O–H groups in total. The summed E-state index contributed by atoms with van der Waals surface area (Å²) in [6, 6.07) is 6.31. The average molecular weight is 262 g/mol. The number of nitrogen functional groups attached to an aromatic ring is 1. The van der Waals surface area contributed by atoms with Gasteiger partial charge in [-0.3, -0.25) is 0 Å². The van der Waals surface area contributed by atoms with E-state index in [9.17, 15) is 0 Å². The molecule has 0 atom stereocenters. The molecule has 4 heteroatoms. The fourth-order valence-corrected chi connectivity index (χ4v) is 3.06. The van der Waals surface area contributed by atoms with Gasteiger partial charge in [-0.1, -0.05) is 6.07 Å². The molecule has 2 aliphatic rings. The standard InChI is InChI=1S/C15H24N3O/c1-18(8-10-19-11-9-18)7-6-17-5-4-13-2-3-14(16)12-15(13)17/h2-3,12H,4-11,16H2,1H3/q+1. The van der Waals surface area contributed by atoms with Crippen LogP contribution in [0.5, 0.6) is 0 Å². The summed E-state index contributed by atoms with van der Waals surface area (Å²) in [4.78, 5) is 2.49. The third-order valence-corrected chi connectivity index (χ3v) is 4.56. The minimum Gasteiger partial charge on any atom is -0.399 e. The summed E-state index contributed by atoms with van der Waals surface area (Å²) in [5.41, 5.74) is 9.57. The summed E-state index contributed by atoms with van der Waals surface area (Å²) in [6.45, 7) is 7.52. The summed E-state index contributed by atoms with van der Waals surface area (Å²) in [5, 5.41) is 0. The first-order chi connectivity index (χ1) is 9.16. The molecule has 0 unspecified atom stereocenters. The lowest BCUT2D eigenvalue weighted by Gasteiger charge is -2.38. The summed E-state index contributed by atoms with van der Waals surface area (Å²) >= 11 is 0. The van der Waals surface area contributed by atoms with E-state index in [4.69, 9.17) is 10.5 Å². The van der Waals surface area contributed by atoms with Gasteiger partial charge in [0.1, 0.15) is 13.1 Å². The second-order valence-corrected chi connectivity index (χ2v) is 6.03. The SMILES string of the molecule is C[N+]1(CCN2CCc3ccc(N)cc32)CCOCC1. The summed E-state index contributed by atoms with van der Waals surface area (Å²) < 4.78 is 6.60. The number of quaternary nitrogens is 1. The van der Waals surface area contributed by atoms with Crippen LogP contribution in [0.4, 0.5) is 11.4 Å². The van der Waals surface area contributed by atoms with Crippen LogP contribution in [0.1, 0.15) is 5.56 Å². The van der Waals surface area contributed by atoms with Gasteiger partial charge < -0.3 is 19.9 Å². The zero-order chi connectivity index (χ0) is 13.3. The molecule has 1 fully saturated rings. The van der Waals surface area contributed by atoms with Crippen LogP contribution in [0.25, 0.3) is 0 Å². The van der Waals surface area contributed by atoms with Crippen molar-refractivity contribution in [2.45, 2.75) is 6.42 Å². The molecule has 1 aromatic carbocycles. The van der Waals surface area contributed by atoms with Crippen molar-refractivity contribution < 1.29 is 9.22 Å². The van der Waals surface area contributed by atoms with Crippen molar-refractivity contribution >= 4 is 11.4 Å². The fourth-order valence-electron chi connectivity index (χ4n) is 3.06.